The fourth-order valence-corrected chi connectivity index (χ4v) is 1.61. The molecule has 1 aromatic rings. The van der Waals surface area contributed by atoms with E-state index in [4.69, 9.17) is 4.74 Å². The first kappa shape index (κ1) is 12.7. The largest absolute Gasteiger partial charge is 0.464 e. The maximum absolute atomic E-state index is 11.5. The van der Waals surface area contributed by atoms with Gasteiger partial charge in [-0.3, -0.25) is 0 Å². The van der Waals surface area contributed by atoms with E-state index in [9.17, 15) is 4.79 Å². The predicted octanol–water partition coefficient (Wildman–Crippen LogP) is 1.84. The van der Waals surface area contributed by atoms with Crippen LogP contribution in [0, 0.1) is 5.92 Å². The molecule has 0 N–H and O–H groups in total. The SMILES string of the molecule is COC(=O)c1nnn(CC(C)C)c1C(C)C. The molecule has 5 nitrogen and oxygen atoms in total. The lowest BCUT2D eigenvalue weighted by Gasteiger charge is -2.11. The molecule has 0 saturated heterocycles. The first-order valence-electron chi connectivity index (χ1n) is 5.49. The van der Waals surface area contributed by atoms with Crippen LogP contribution in [0.15, 0.2) is 0 Å². The summed E-state index contributed by atoms with van der Waals surface area (Å²) < 4.78 is 6.48. The molecule has 1 aromatic heterocycles. The highest BCUT2D eigenvalue weighted by Crippen LogP contribution is 2.19. The fraction of sp³-hybridized carbons (Fsp3) is 0.727. The van der Waals surface area contributed by atoms with Gasteiger partial charge in [-0.2, -0.15) is 0 Å². The summed E-state index contributed by atoms with van der Waals surface area (Å²) in [7, 11) is 1.36. The van der Waals surface area contributed by atoms with Crippen LogP contribution in [0.3, 0.4) is 0 Å². The molecule has 90 valence electrons. The van der Waals surface area contributed by atoms with E-state index in [0.29, 0.717) is 11.6 Å². The molecular weight excluding hydrogens is 206 g/mol. The molecule has 0 aromatic carbocycles. The number of rotatable bonds is 4. The molecule has 0 radical (unpaired) electrons. The normalized spacial score (nSPS) is 11.2. The maximum atomic E-state index is 11.5. The van der Waals surface area contributed by atoms with Crippen molar-refractivity contribution in [2.45, 2.75) is 40.2 Å². The average Bonchev–Trinajstić information content (AvgIpc) is 2.59. The van der Waals surface area contributed by atoms with Crippen LogP contribution < -0.4 is 0 Å². The van der Waals surface area contributed by atoms with Crippen molar-refractivity contribution >= 4 is 5.97 Å². The molecule has 5 heteroatoms. The summed E-state index contributed by atoms with van der Waals surface area (Å²) >= 11 is 0. The molecule has 0 atom stereocenters. The molecule has 0 spiro atoms. The Bertz CT molecular complexity index is 369. The molecule has 0 fully saturated rings. The fourth-order valence-electron chi connectivity index (χ4n) is 1.61. The van der Waals surface area contributed by atoms with E-state index in [1.165, 1.54) is 7.11 Å². The summed E-state index contributed by atoms with van der Waals surface area (Å²) in [5.41, 5.74) is 1.18. The van der Waals surface area contributed by atoms with Gasteiger partial charge in [0, 0.05) is 6.54 Å². The van der Waals surface area contributed by atoms with E-state index in [1.807, 2.05) is 13.8 Å². The number of nitrogens with zero attached hydrogens (tertiary/aromatic N) is 3. The highest BCUT2D eigenvalue weighted by molar-refractivity contribution is 5.88. The number of hydrogen-bond acceptors (Lipinski definition) is 4. The Balaban J connectivity index is 3.11. The first-order valence-corrected chi connectivity index (χ1v) is 5.49. The molecule has 0 saturated carbocycles. The number of carbonyl (C=O) groups is 1. The molecule has 0 unspecified atom stereocenters. The van der Waals surface area contributed by atoms with Crippen molar-refractivity contribution in [2.75, 3.05) is 7.11 Å². The molecule has 0 amide bonds. The summed E-state index contributed by atoms with van der Waals surface area (Å²) in [6.45, 7) is 8.99. The second kappa shape index (κ2) is 5.09. The predicted molar refractivity (Wildman–Crippen MR) is 60.3 cm³/mol. The summed E-state index contributed by atoms with van der Waals surface area (Å²) in [6.07, 6.45) is 0. The minimum atomic E-state index is -0.418. The van der Waals surface area contributed by atoms with Crippen molar-refractivity contribution in [3.05, 3.63) is 11.4 Å². The van der Waals surface area contributed by atoms with Crippen molar-refractivity contribution in [3.63, 3.8) is 0 Å². The van der Waals surface area contributed by atoms with Gasteiger partial charge in [0.2, 0.25) is 0 Å². The van der Waals surface area contributed by atoms with Crippen molar-refractivity contribution in [1.82, 2.24) is 15.0 Å². The van der Waals surface area contributed by atoms with Gasteiger partial charge in [0.15, 0.2) is 5.69 Å². The molecule has 0 aliphatic heterocycles. The summed E-state index contributed by atoms with van der Waals surface area (Å²) in [5, 5.41) is 7.91. The lowest BCUT2D eigenvalue weighted by atomic mass is 10.1. The van der Waals surface area contributed by atoms with Crippen LogP contribution in [0.1, 0.15) is 49.8 Å². The van der Waals surface area contributed by atoms with Gasteiger partial charge in [-0.25, -0.2) is 9.48 Å². The minimum Gasteiger partial charge on any atom is -0.464 e. The zero-order valence-corrected chi connectivity index (χ0v) is 10.5. The quantitative estimate of drug-likeness (QED) is 0.734. The van der Waals surface area contributed by atoms with Gasteiger partial charge in [-0.1, -0.05) is 32.9 Å². The smallest absolute Gasteiger partial charge is 0.360 e. The third-order valence-corrected chi connectivity index (χ3v) is 2.24. The van der Waals surface area contributed by atoms with E-state index in [0.717, 1.165) is 12.2 Å². The van der Waals surface area contributed by atoms with Gasteiger partial charge in [0.05, 0.1) is 12.8 Å². The Hall–Kier alpha value is -1.39. The van der Waals surface area contributed by atoms with Gasteiger partial charge in [0.1, 0.15) is 0 Å². The van der Waals surface area contributed by atoms with Gasteiger partial charge >= 0.3 is 5.97 Å². The van der Waals surface area contributed by atoms with Crippen LogP contribution in [-0.4, -0.2) is 28.1 Å². The Labute approximate surface area is 95.8 Å². The van der Waals surface area contributed by atoms with E-state index in [-0.39, 0.29) is 5.92 Å². The van der Waals surface area contributed by atoms with Gasteiger partial charge in [-0.05, 0) is 11.8 Å². The summed E-state index contributed by atoms with van der Waals surface area (Å²) in [6, 6.07) is 0. The lowest BCUT2D eigenvalue weighted by Crippen LogP contribution is -2.13. The van der Waals surface area contributed by atoms with Crippen LogP contribution in [0.2, 0.25) is 0 Å². The summed E-state index contributed by atoms with van der Waals surface area (Å²) in [4.78, 5) is 11.5. The van der Waals surface area contributed by atoms with E-state index < -0.39 is 5.97 Å². The van der Waals surface area contributed by atoms with Crippen LogP contribution in [0.5, 0.6) is 0 Å². The molecule has 1 heterocycles. The number of ether oxygens (including phenoxy) is 1. The Morgan fingerprint density at radius 1 is 1.38 bits per heavy atom. The van der Waals surface area contributed by atoms with E-state index in [2.05, 4.69) is 24.2 Å². The molecule has 0 bridgehead atoms. The van der Waals surface area contributed by atoms with Gasteiger partial charge < -0.3 is 4.74 Å². The highest BCUT2D eigenvalue weighted by Gasteiger charge is 2.22. The second-order valence-corrected chi connectivity index (χ2v) is 4.55. The molecule has 0 aliphatic carbocycles. The third-order valence-electron chi connectivity index (χ3n) is 2.24. The average molecular weight is 225 g/mol. The summed E-state index contributed by atoms with van der Waals surface area (Å²) in [5.74, 6) is 0.242. The topological polar surface area (TPSA) is 57.0 Å². The van der Waals surface area contributed by atoms with Gasteiger partial charge in [-0.15, -0.1) is 5.10 Å². The van der Waals surface area contributed by atoms with Crippen molar-refractivity contribution in [2.24, 2.45) is 5.92 Å². The standard InChI is InChI=1S/C11H19N3O2/c1-7(2)6-14-10(8(3)4)9(12-13-14)11(15)16-5/h7-8H,6H2,1-5H3. The molecule has 16 heavy (non-hydrogen) atoms. The molecule has 1 rings (SSSR count). The number of carbonyl (C=O) groups excluding carboxylic acids is 1. The number of aromatic nitrogens is 3. The minimum absolute atomic E-state index is 0.197. The first-order chi connectivity index (χ1) is 7.47. The molecule has 0 aliphatic rings. The van der Waals surface area contributed by atoms with Crippen LogP contribution >= 0.6 is 0 Å². The van der Waals surface area contributed by atoms with Crippen molar-refractivity contribution in [1.29, 1.82) is 0 Å². The number of hydrogen-bond donors (Lipinski definition) is 0. The Morgan fingerprint density at radius 2 is 2.00 bits per heavy atom. The van der Waals surface area contributed by atoms with Crippen molar-refractivity contribution in [3.8, 4) is 0 Å². The van der Waals surface area contributed by atoms with E-state index >= 15 is 0 Å². The lowest BCUT2D eigenvalue weighted by molar-refractivity contribution is 0.0592. The van der Waals surface area contributed by atoms with Gasteiger partial charge in [0.25, 0.3) is 0 Å². The third kappa shape index (κ3) is 2.59. The van der Waals surface area contributed by atoms with Crippen LogP contribution in [-0.2, 0) is 11.3 Å². The zero-order chi connectivity index (χ0) is 12.3. The number of methoxy groups -OCH3 is 1. The zero-order valence-electron chi connectivity index (χ0n) is 10.5. The van der Waals surface area contributed by atoms with Crippen LogP contribution in [0.4, 0.5) is 0 Å². The Kier molecular flexibility index (Phi) is 4.04. The molecular formula is C11H19N3O2. The second-order valence-electron chi connectivity index (χ2n) is 4.55. The monoisotopic (exact) mass is 225 g/mol. The van der Waals surface area contributed by atoms with Crippen molar-refractivity contribution < 1.29 is 9.53 Å². The maximum Gasteiger partial charge on any atom is 0.360 e. The number of esters is 1. The highest BCUT2D eigenvalue weighted by atomic mass is 16.5. The van der Waals surface area contributed by atoms with Crippen LogP contribution in [0.25, 0.3) is 0 Å². The Morgan fingerprint density at radius 3 is 2.44 bits per heavy atom. The van der Waals surface area contributed by atoms with E-state index in [1.54, 1.807) is 4.68 Å².